The van der Waals surface area contributed by atoms with E-state index in [1.165, 1.54) is 0 Å². The average Bonchev–Trinajstić information content (AvgIpc) is 2.38. The fourth-order valence-corrected chi connectivity index (χ4v) is 1.95. The van der Waals surface area contributed by atoms with Crippen LogP contribution < -0.4 is 10.1 Å². The second-order valence-electron chi connectivity index (χ2n) is 3.57. The van der Waals surface area contributed by atoms with E-state index in [1.807, 2.05) is 6.92 Å². The highest BCUT2D eigenvalue weighted by atomic mass is 35.5. The number of hydrogen-bond acceptors (Lipinski definition) is 5. The summed E-state index contributed by atoms with van der Waals surface area (Å²) in [6.45, 7) is 2.33. The van der Waals surface area contributed by atoms with Gasteiger partial charge < -0.3 is 10.1 Å². The molecular weight excluding hydrogens is 287 g/mol. The molecule has 2 rings (SSSR count). The number of nitrogens with zero attached hydrogens (tertiary/aromatic N) is 3. The fourth-order valence-electron chi connectivity index (χ4n) is 1.45. The van der Waals surface area contributed by atoms with Gasteiger partial charge in [-0.3, -0.25) is 0 Å². The molecule has 0 radical (unpaired) electrons. The van der Waals surface area contributed by atoms with Crippen molar-refractivity contribution in [1.29, 1.82) is 0 Å². The average molecular weight is 299 g/mol. The van der Waals surface area contributed by atoms with Crippen LogP contribution in [0.25, 0.3) is 11.4 Å². The smallest absolute Gasteiger partial charge is 0.321 e. The molecule has 0 aliphatic heterocycles. The highest BCUT2D eigenvalue weighted by Gasteiger charge is 2.11. The van der Waals surface area contributed by atoms with Crippen LogP contribution in [-0.4, -0.2) is 28.6 Å². The molecule has 1 N–H and O–H groups in total. The lowest BCUT2D eigenvalue weighted by atomic mass is 10.2. The number of aromatic nitrogens is 3. The Hall–Kier alpha value is -1.59. The van der Waals surface area contributed by atoms with Gasteiger partial charge in [-0.15, -0.1) is 0 Å². The molecular formula is C12H12Cl2N4O. The van der Waals surface area contributed by atoms with Gasteiger partial charge in [0.05, 0.1) is 11.6 Å². The lowest BCUT2D eigenvalue weighted by molar-refractivity contribution is 0.312. The minimum absolute atomic E-state index is 0.253. The van der Waals surface area contributed by atoms with Crippen molar-refractivity contribution in [2.24, 2.45) is 0 Å². The van der Waals surface area contributed by atoms with Crippen molar-refractivity contribution < 1.29 is 4.74 Å². The first kappa shape index (κ1) is 13.8. The Labute approximate surface area is 121 Å². The predicted octanol–water partition coefficient (Wildman–Crippen LogP) is 3.29. The molecule has 100 valence electrons. The van der Waals surface area contributed by atoms with E-state index >= 15 is 0 Å². The van der Waals surface area contributed by atoms with Crippen molar-refractivity contribution in [3.8, 4) is 17.4 Å². The molecule has 1 aromatic carbocycles. The first-order chi connectivity index (χ1) is 9.13. The Bertz CT molecular complexity index is 592. The molecule has 0 fully saturated rings. The zero-order valence-corrected chi connectivity index (χ0v) is 12.0. The predicted molar refractivity (Wildman–Crippen MR) is 76.0 cm³/mol. The lowest BCUT2D eigenvalue weighted by Gasteiger charge is -2.08. The van der Waals surface area contributed by atoms with Gasteiger partial charge in [0.15, 0.2) is 5.82 Å². The number of hydrogen-bond donors (Lipinski definition) is 1. The quantitative estimate of drug-likeness (QED) is 0.938. The summed E-state index contributed by atoms with van der Waals surface area (Å²) in [5.74, 6) is 0.851. The summed E-state index contributed by atoms with van der Waals surface area (Å²) in [5, 5.41) is 3.89. The maximum atomic E-state index is 6.14. The van der Waals surface area contributed by atoms with Crippen molar-refractivity contribution in [2.75, 3.05) is 19.0 Å². The summed E-state index contributed by atoms with van der Waals surface area (Å²) in [7, 11) is 1.72. The molecule has 0 saturated heterocycles. The van der Waals surface area contributed by atoms with E-state index in [9.17, 15) is 0 Å². The van der Waals surface area contributed by atoms with Crippen molar-refractivity contribution in [2.45, 2.75) is 6.92 Å². The van der Waals surface area contributed by atoms with Gasteiger partial charge in [-0.25, -0.2) is 0 Å². The topological polar surface area (TPSA) is 59.9 Å². The van der Waals surface area contributed by atoms with Gasteiger partial charge in [0, 0.05) is 17.6 Å². The number of nitrogens with one attached hydrogen (secondary N) is 1. The SMILES string of the molecule is CCOc1nc(NC)nc(-c2ccc(Cl)cc2Cl)n1. The van der Waals surface area contributed by atoms with Gasteiger partial charge in [0.2, 0.25) is 5.95 Å². The van der Waals surface area contributed by atoms with E-state index in [4.69, 9.17) is 27.9 Å². The van der Waals surface area contributed by atoms with Crippen LogP contribution in [0.2, 0.25) is 10.0 Å². The third-order valence-corrected chi connectivity index (χ3v) is 2.83. The Kier molecular flexibility index (Phi) is 4.39. The van der Waals surface area contributed by atoms with E-state index in [2.05, 4.69) is 20.3 Å². The molecule has 1 heterocycles. The molecule has 0 bridgehead atoms. The third-order valence-electron chi connectivity index (χ3n) is 2.28. The van der Waals surface area contributed by atoms with E-state index < -0.39 is 0 Å². The molecule has 0 amide bonds. The minimum atomic E-state index is 0.253. The molecule has 0 saturated carbocycles. The summed E-state index contributed by atoms with van der Waals surface area (Å²) in [4.78, 5) is 12.6. The zero-order chi connectivity index (χ0) is 13.8. The summed E-state index contributed by atoms with van der Waals surface area (Å²) < 4.78 is 5.30. The molecule has 0 atom stereocenters. The van der Waals surface area contributed by atoms with E-state index in [1.54, 1.807) is 25.2 Å². The van der Waals surface area contributed by atoms with Crippen LogP contribution in [-0.2, 0) is 0 Å². The maximum absolute atomic E-state index is 6.14. The van der Waals surface area contributed by atoms with Crippen LogP contribution in [0.5, 0.6) is 6.01 Å². The van der Waals surface area contributed by atoms with Crippen LogP contribution in [0.3, 0.4) is 0 Å². The summed E-state index contributed by atoms with van der Waals surface area (Å²) in [6.07, 6.45) is 0. The molecule has 0 unspecified atom stereocenters. The standard InChI is InChI=1S/C12H12Cl2N4O/c1-3-19-12-17-10(16-11(15-2)18-12)8-5-4-7(13)6-9(8)14/h4-6H,3H2,1-2H3,(H,15,16,17,18). The normalized spacial score (nSPS) is 10.3. The Balaban J connectivity index is 2.51. The monoisotopic (exact) mass is 298 g/mol. The number of halogens is 2. The second kappa shape index (κ2) is 6.04. The molecule has 19 heavy (non-hydrogen) atoms. The van der Waals surface area contributed by atoms with Crippen molar-refractivity contribution in [3.63, 3.8) is 0 Å². The molecule has 0 aliphatic rings. The van der Waals surface area contributed by atoms with Crippen LogP contribution in [0, 0.1) is 0 Å². The van der Waals surface area contributed by atoms with Crippen LogP contribution in [0.15, 0.2) is 18.2 Å². The van der Waals surface area contributed by atoms with Gasteiger partial charge >= 0.3 is 6.01 Å². The van der Waals surface area contributed by atoms with E-state index in [-0.39, 0.29) is 6.01 Å². The third kappa shape index (κ3) is 3.24. The summed E-state index contributed by atoms with van der Waals surface area (Å²) >= 11 is 12.0. The number of benzene rings is 1. The lowest BCUT2D eigenvalue weighted by Crippen LogP contribution is -2.05. The molecule has 1 aromatic heterocycles. The number of ether oxygens (including phenoxy) is 1. The first-order valence-corrected chi connectivity index (χ1v) is 6.41. The second-order valence-corrected chi connectivity index (χ2v) is 4.42. The van der Waals surface area contributed by atoms with Crippen LogP contribution in [0.4, 0.5) is 5.95 Å². The molecule has 5 nitrogen and oxygen atoms in total. The maximum Gasteiger partial charge on any atom is 0.321 e. The molecule has 7 heteroatoms. The largest absolute Gasteiger partial charge is 0.464 e. The van der Waals surface area contributed by atoms with Crippen molar-refractivity contribution in [1.82, 2.24) is 15.0 Å². The van der Waals surface area contributed by atoms with Gasteiger partial charge in [-0.05, 0) is 25.1 Å². The van der Waals surface area contributed by atoms with Crippen LogP contribution in [0.1, 0.15) is 6.92 Å². The van der Waals surface area contributed by atoms with Crippen molar-refractivity contribution in [3.05, 3.63) is 28.2 Å². The van der Waals surface area contributed by atoms with E-state index in [0.717, 1.165) is 0 Å². The molecule has 2 aromatic rings. The van der Waals surface area contributed by atoms with Crippen LogP contribution >= 0.6 is 23.2 Å². The first-order valence-electron chi connectivity index (χ1n) is 5.66. The summed E-state index contributed by atoms with van der Waals surface area (Å²) in [5.41, 5.74) is 0.672. The fraction of sp³-hybridized carbons (Fsp3) is 0.250. The Morgan fingerprint density at radius 3 is 2.63 bits per heavy atom. The van der Waals surface area contributed by atoms with Crippen molar-refractivity contribution >= 4 is 29.2 Å². The molecule has 0 aliphatic carbocycles. The summed E-state index contributed by atoms with van der Waals surface area (Å²) in [6, 6.07) is 5.38. The van der Waals surface area contributed by atoms with Gasteiger partial charge in [-0.2, -0.15) is 15.0 Å². The van der Waals surface area contributed by atoms with E-state index in [0.29, 0.717) is 34.0 Å². The Morgan fingerprint density at radius 2 is 2.00 bits per heavy atom. The highest BCUT2D eigenvalue weighted by molar-refractivity contribution is 6.36. The Morgan fingerprint density at radius 1 is 1.21 bits per heavy atom. The zero-order valence-electron chi connectivity index (χ0n) is 10.4. The molecule has 0 spiro atoms. The number of anilines is 1. The van der Waals surface area contributed by atoms with Gasteiger partial charge in [0.1, 0.15) is 0 Å². The van der Waals surface area contributed by atoms with Gasteiger partial charge in [-0.1, -0.05) is 23.2 Å². The minimum Gasteiger partial charge on any atom is -0.464 e. The number of rotatable bonds is 4. The van der Waals surface area contributed by atoms with Gasteiger partial charge in [0.25, 0.3) is 0 Å². The highest BCUT2D eigenvalue weighted by Crippen LogP contribution is 2.29.